The van der Waals surface area contributed by atoms with E-state index in [1.807, 2.05) is 26.0 Å². The zero-order chi connectivity index (χ0) is 21.8. The number of amides is 1. The van der Waals surface area contributed by atoms with Crippen LogP contribution in [0.5, 0.6) is 11.5 Å². The van der Waals surface area contributed by atoms with E-state index in [1.54, 1.807) is 31.2 Å². The summed E-state index contributed by atoms with van der Waals surface area (Å²) in [4.78, 5) is 13.1. The average Bonchev–Trinajstić information content (AvgIpc) is 2.67. The first-order chi connectivity index (χ1) is 13.6. The zero-order valence-corrected chi connectivity index (χ0v) is 18.5. The average molecular weight is 421 g/mol. The molecular weight excluding hydrogens is 392 g/mol. The molecule has 1 atom stereocenters. The standard InChI is InChI=1S/C21H28N2O5S/c1-7-18(21(24)22-17-11-10-16(27-4)13-20(17)28-5)23(29(6,25)26)19-12-14(2)8-9-15(19)3/h8-13,18H,7H2,1-6H3,(H,22,24)/t18-/m1/s1. The van der Waals surface area contributed by atoms with Crippen LogP contribution in [-0.2, 0) is 14.8 Å². The fourth-order valence-electron chi connectivity index (χ4n) is 3.11. The number of methoxy groups -OCH3 is 2. The van der Waals surface area contributed by atoms with Crippen molar-refractivity contribution < 1.29 is 22.7 Å². The number of hydrogen-bond acceptors (Lipinski definition) is 5. The second-order valence-corrected chi connectivity index (χ2v) is 8.69. The summed E-state index contributed by atoms with van der Waals surface area (Å²) in [6.07, 6.45) is 1.41. The van der Waals surface area contributed by atoms with Gasteiger partial charge < -0.3 is 14.8 Å². The molecule has 2 aromatic carbocycles. The van der Waals surface area contributed by atoms with Crippen LogP contribution >= 0.6 is 0 Å². The van der Waals surface area contributed by atoms with Crippen molar-refractivity contribution in [3.8, 4) is 11.5 Å². The molecule has 0 saturated carbocycles. The van der Waals surface area contributed by atoms with Gasteiger partial charge in [0.25, 0.3) is 0 Å². The molecule has 7 nitrogen and oxygen atoms in total. The second-order valence-electron chi connectivity index (χ2n) is 6.83. The lowest BCUT2D eigenvalue weighted by Gasteiger charge is -2.31. The summed E-state index contributed by atoms with van der Waals surface area (Å²) in [5.74, 6) is 0.563. The lowest BCUT2D eigenvalue weighted by molar-refractivity contribution is -0.117. The van der Waals surface area contributed by atoms with Gasteiger partial charge in [-0.15, -0.1) is 0 Å². The summed E-state index contributed by atoms with van der Waals surface area (Å²) in [7, 11) is -0.688. The molecule has 29 heavy (non-hydrogen) atoms. The molecule has 0 fully saturated rings. The minimum Gasteiger partial charge on any atom is -0.497 e. The van der Waals surface area contributed by atoms with Gasteiger partial charge in [0.15, 0.2) is 0 Å². The van der Waals surface area contributed by atoms with Crippen molar-refractivity contribution in [2.24, 2.45) is 0 Å². The third-order valence-electron chi connectivity index (χ3n) is 4.60. The van der Waals surface area contributed by atoms with Crippen LogP contribution in [0.1, 0.15) is 24.5 Å². The Bertz CT molecular complexity index is 989. The van der Waals surface area contributed by atoms with Gasteiger partial charge in [0.05, 0.1) is 31.9 Å². The van der Waals surface area contributed by atoms with Crippen molar-refractivity contribution in [3.63, 3.8) is 0 Å². The SMILES string of the molecule is CC[C@H](C(=O)Nc1ccc(OC)cc1OC)N(c1cc(C)ccc1C)S(C)(=O)=O. The summed E-state index contributed by atoms with van der Waals surface area (Å²) >= 11 is 0. The summed E-state index contributed by atoms with van der Waals surface area (Å²) < 4.78 is 37.0. The van der Waals surface area contributed by atoms with Crippen LogP contribution in [0.15, 0.2) is 36.4 Å². The van der Waals surface area contributed by atoms with Crippen molar-refractivity contribution >= 4 is 27.3 Å². The summed E-state index contributed by atoms with van der Waals surface area (Å²) in [6, 6.07) is 9.61. The molecule has 0 aromatic heterocycles. The van der Waals surface area contributed by atoms with Crippen molar-refractivity contribution in [2.45, 2.75) is 33.2 Å². The Hall–Kier alpha value is -2.74. The predicted octanol–water partition coefficient (Wildman–Crippen LogP) is 3.50. The highest BCUT2D eigenvalue weighted by molar-refractivity contribution is 7.92. The molecule has 2 aromatic rings. The molecule has 1 N–H and O–H groups in total. The van der Waals surface area contributed by atoms with Gasteiger partial charge in [0, 0.05) is 6.07 Å². The maximum Gasteiger partial charge on any atom is 0.248 e. The molecule has 158 valence electrons. The van der Waals surface area contributed by atoms with Gasteiger partial charge in [0.1, 0.15) is 17.5 Å². The number of rotatable bonds is 8. The Labute approximate surface area is 172 Å². The Morgan fingerprint density at radius 3 is 2.34 bits per heavy atom. The summed E-state index contributed by atoms with van der Waals surface area (Å²) in [5.41, 5.74) is 2.61. The van der Waals surface area contributed by atoms with Crippen LogP contribution in [0, 0.1) is 13.8 Å². The number of benzene rings is 2. The highest BCUT2D eigenvalue weighted by Gasteiger charge is 2.32. The van der Waals surface area contributed by atoms with E-state index in [0.717, 1.165) is 17.4 Å². The molecule has 0 aliphatic heterocycles. The van der Waals surface area contributed by atoms with E-state index in [1.165, 1.54) is 18.5 Å². The maximum atomic E-state index is 13.1. The fraction of sp³-hybridized carbons (Fsp3) is 0.381. The lowest BCUT2D eigenvalue weighted by Crippen LogP contribution is -2.47. The zero-order valence-electron chi connectivity index (χ0n) is 17.6. The molecule has 0 aliphatic carbocycles. The Morgan fingerprint density at radius 1 is 1.10 bits per heavy atom. The van der Waals surface area contributed by atoms with Gasteiger partial charge >= 0.3 is 0 Å². The first kappa shape index (κ1) is 22.5. The molecule has 0 saturated heterocycles. The molecule has 1 amide bonds. The van der Waals surface area contributed by atoms with Crippen LogP contribution in [0.2, 0.25) is 0 Å². The van der Waals surface area contributed by atoms with Gasteiger partial charge in [-0.1, -0.05) is 19.1 Å². The van der Waals surface area contributed by atoms with Crippen LogP contribution in [-0.4, -0.2) is 40.8 Å². The van der Waals surface area contributed by atoms with E-state index < -0.39 is 22.0 Å². The van der Waals surface area contributed by atoms with Gasteiger partial charge in [-0.25, -0.2) is 8.42 Å². The van der Waals surface area contributed by atoms with Gasteiger partial charge in [-0.2, -0.15) is 0 Å². The van der Waals surface area contributed by atoms with Crippen LogP contribution < -0.4 is 19.1 Å². The number of carbonyl (C=O) groups excluding carboxylic acids is 1. The number of hydrogen-bond donors (Lipinski definition) is 1. The van der Waals surface area contributed by atoms with Gasteiger partial charge in [0.2, 0.25) is 15.9 Å². The molecule has 8 heteroatoms. The molecular formula is C21H28N2O5S. The number of carbonyl (C=O) groups is 1. The van der Waals surface area contributed by atoms with E-state index in [-0.39, 0.29) is 0 Å². The van der Waals surface area contributed by atoms with Crippen molar-refractivity contribution in [1.82, 2.24) is 0 Å². The van der Waals surface area contributed by atoms with Crippen LogP contribution in [0.3, 0.4) is 0 Å². The topological polar surface area (TPSA) is 84.9 Å². The fourth-order valence-corrected chi connectivity index (χ4v) is 4.37. The van der Waals surface area contributed by atoms with E-state index >= 15 is 0 Å². The highest BCUT2D eigenvalue weighted by Crippen LogP contribution is 2.31. The quantitative estimate of drug-likeness (QED) is 0.706. The van der Waals surface area contributed by atoms with E-state index in [9.17, 15) is 13.2 Å². The number of ether oxygens (including phenoxy) is 2. The van der Waals surface area contributed by atoms with Crippen molar-refractivity contribution in [2.75, 3.05) is 30.1 Å². The number of aryl methyl sites for hydroxylation is 2. The normalized spacial score (nSPS) is 12.2. The minimum absolute atomic E-state index is 0.296. The Kier molecular flexibility index (Phi) is 7.13. The van der Waals surface area contributed by atoms with Crippen LogP contribution in [0.25, 0.3) is 0 Å². The monoisotopic (exact) mass is 420 g/mol. The number of sulfonamides is 1. The van der Waals surface area contributed by atoms with Gasteiger partial charge in [-0.05, 0) is 49.6 Å². The van der Waals surface area contributed by atoms with Crippen molar-refractivity contribution in [1.29, 1.82) is 0 Å². The largest absolute Gasteiger partial charge is 0.497 e. The Balaban J connectivity index is 2.46. The molecule has 0 spiro atoms. The smallest absolute Gasteiger partial charge is 0.248 e. The maximum absolute atomic E-state index is 13.1. The van der Waals surface area contributed by atoms with E-state index in [4.69, 9.17) is 9.47 Å². The second kappa shape index (κ2) is 9.17. The molecule has 0 aliphatic rings. The molecule has 2 rings (SSSR count). The van der Waals surface area contributed by atoms with Crippen LogP contribution in [0.4, 0.5) is 11.4 Å². The summed E-state index contributed by atoms with van der Waals surface area (Å²) in [6.45, 7) is 5.48. The molecule has 0 radical (unpaired) electrons. The van der Waals surface area contributed by atoms with E-state index in [2.05, 4.69) is 5.32 Å². The number of nitrogens with zero attached hydrogens (tertiary/aromatic N) is 1. The first-order valence-corrected chi connectivity index (χ1v) is 11.1. The number of anilines is 2. The predicted molar refractivity (Wildman–Crippen MR) is 115 cm³/mol. The minimum atomic E-state index is -3.71. The molecule has 0 bridgehead atoms. The third-order valence-corrected chi connectivity index (χ3v) is 5.76. The lowest BCUT2D eigenvalue weighted by atomic mass is 10.1. The summed E-state index contributed by atoms with van der Waals surface area (Å²) in [5, 5.41) is 2.79. The highest BCUT2D eigenvalue weighted by atomic mass is 32.2. The Morgan fingerprint density at radius 2 is 1.79 bits per heavy atom. The third kappa shape index (κ3) is 5.20. The first-order valence-electron chi connectivity index (χ1n) is 9.21. The van der Waals surface area contributed by atoms with E-state index in [0.29, 0.717) is 29.3 Å². The number of nitrogens with one attached hydrogen (secondary N) is 1. The van der Waals surface area contributed by atoms with Gasteiger partial charge in [-0.3, -0.25) is 9.10 Å². The molecule has 0 heterocycles. The molecule has 0 unspecified atom stereocenters. The van der Waals surface area contributed by atoms with Crippen molar-refractivity contribution in [3.05, 3.63) is 47.5 Å².